The van der Waals surface area contributed by atoms with Gasteiger partial charge in [0.05, 0.1) is 0 Å². The lowest BCUT2D eigenvalue weighted by Gasteiger charge is -2.05. The highest BCUT2D eigenvalue weighted by Gasteiger charge is 2.11. The maximum Gasteiger partial charge on any atom is 0.267 e. The number of phenolic OH excluding ortho intramolecular Hbond substituents is 1. The monoisotopic (exact) mass is 202 g/mol. The maximum atomic E-state index is 11.2. The lowest BCUT2D eigenvalue weighted by molar-refractivity contribution is 0.0997. The molecule has 0 saturated carbocycles. The quantitative estimate of drug-likeness (QED) is 0.732. The fourth-order valence-electron chi connectivity index (χ4n) is 1.58. The number of amides is 1. The van der Waals surface area contributed by atoms with E-state index in [0.29, 0.717) is 16.5 Å². The van der Waals surface area contributed by atoms with E-state index in [1.165, 1.54) is 0 Å². The van der Waals surface area contributed by atoms with Crippen LogP contribution in [0.15, 0.2) is 24.3 Å². The number of nitrogens with two attached hydrogens (primary N) is 1. The Balaban J connectivity index is 2.92. The van der Waals surface area contributed by atoms with Crippen molar-refractivity contribution in [1.29, 1.82) is 0 Å². The van der Waals surface area contributed by atoms with Gasteiger partial charge in [0, 0.05) is 16.5 Å². The topological polar surface area (TPSA) is 76.2 Å². The highest BCUT2D eigenvalue weighted by molar-refractivity contribution is 6.06. The Morgan fingerprint density at radius 3 is 2.80 bits per heavy atom. The van der Waals surface area contributed by atoms with Crippen molar-refractivity contribution in [1.82, 2.24) is 4.98 Å². The van der Waals surface area contributed by atoms with E-state index in [1.54, 1.807) is 31.2 Å². The number of phenols is 1. The Kier molecular flexibility index (Phi) is 2.04. The number of nitrogens with zero attached hydrogens (tertiary/aromatic N) is 1. The molecule has 76 valence electrons. The molecule has 15 heavy (non-hydrogen) atoms. The van der Waals surface area contributed by atoms with Gasteiger partial charge >= 0.3 is 0 Å². The molecule has 0 aliphatic rings. The van der Waals surface area contributed by atoms with E-state index in [4.69, 9.17) is 5.73 Å². The largest absolute Gasteiger partial charge is 0.507 e. The molecule has 0 unspecified atom stereocenters. The van der Waals surface area contributed by atoms with E-state index in [-0.39, 0.29) is 11.4 Å². The van der Waals surface area contributed by atoms with Gasteiger partial charge in [-0.05, 0) is 19.1 Å². The van der Waals surface area contributed by atoms with Crippen molar-refractivity contribution in [2.24, 2.45) is 5.73 Å². The molecule has 0 fully saturated rings. The van der Waals surface area contributed by atoms with E-state index in [1.807, 2.05) is 0 Å². The van der Waals surface area contributed by atoms with E-state index in [0.717, 1.165) is 0 Å². The molecule has 3 N–H and O–H groups in total. The van der Waals surface area contributed by atoms with Gasteiger partial charge in [0.2, 0.25) is 0 Å². The van der Waals surface area contributed by atoms with Crippen LogP contribution in [0.25, 0.3) is 10.8 Å². The normalized spacial score (nSPS) is 10.5. The van der Waals surface area contributed by atoms with Crippen LogP contribution in [0.1, 0.15) is 16.2 Å². The molecule has 1 amide bonds. The molecule has 0 atom stereocenters. The number of fused-ring (bicyclic) bond motifs is 1. The summed E-state index contributed by atoms with van der Waals surface area (Å²) in [4.78, 5) is 15.2. The van der Waals surface area contributed by atoms with Crippen molar-refractivity contribution in [2.45, 2.75) is 6.92 Å². The molecule has 1 heterocycles. The lowest BCUT2D eigenvalue weighted by atomic mass is 10.1. The number of hydrogen-bond donors (Lipinski definition) is 2. The first-order chi connectivity index (χ1) is 7.09. The highest BCUT2D eigenvalue weighted by atomic mass is 16.3. The molecule has 0 radical (unpaired) electrons. The van der Waals surface area contributed by atoms with Gasteiger partial charge in [-0.15, -0.1) is 0 Å². The molecule has 1 aromatic carbocycles. The Hall–Kier alpha value is -2.10. The third-order valence-corrected chi connectivity index (χ3v) is 2.21. The summed E-state index contributed by atoms with van der Waals surface area (Å²) in [5, 5.41) is 10.8. The van der Waals surface area contributed by atoms with Gasteiger partial charge in [0.15, 0.2) is 0 Å². The summed E-state index contributed by atoms with van der Waals surface area (Å²) in [7, 11) is 0. The van der Waals surface area contributed by atoms with Crippen molar-refractivity contribution in [3.05, 3.63) is 35.7 Å². The first-order valence-electron chi connectivity index (χ1n) is 4.48. The minimum absolute atomic E-state index is 0.125. The molecule has 4 heteroatoms. The summed E-state index contributed by atoms with van der Waals surface area (Å²) in [5.74, 6) is -0.463. The molecule has 0 spiro atoms. The summed E-state index contributed by atoms with van der Waals surface area (Å²) in [5.41, 5.74) is 6.06. The maximum absolute atomic E-state index is 11.2. The van der Waals surface area contributed by atoms with Gasteiger partial charge in [-0.3, -0.25) is 4.79 Å². The van der Waals surface area contributed by atoms with E-state index in [9.17, 15) is 9.90 Å². The van der Waals surface area contributed by atoms with Gasteiger partial charge in [-0.25, -0.2) is 4.98 Å². The summed E-state index contributed by atoms with van der Waals surface area (Å²) < 4.78 is 0. The average molecular weight is 202 g/mol. The standard InChI is InChI=1S/C11H10N2O2/c1-6-5-8-7(3-2-4-9(8)14)10(13-6)11(12)15/h2-5,14H,1H3,(H2,12,15). The second kappa shape index (κ2) is 3.24. The van der Waals surface area contributed by atoms with Crippen molar-refractivity contribution >= 4 is 16.7 Å². The summed E-state index contributed by atoms with van der Waals surface area (Å²) in [6.45, 7) is 1.75. The molecular weight excluding hydrogens is 192 g/mol. The minimum Gasteiger partial charge on any atom is -0.507 e. The molecule has 0 aliphatic heterocycles. The van der Waals surface area contributed by atoms with Crippen LogP contribution in [0.2, 0.25) is 0 Å². The lowest BCUT2D eigenvalue weighted by Crippen LogP contribution is -2.14. The second-order valence-corrected chi connectivity index (χ2v) is 3.35. The number of carbonyl (C=O) groups excluding carboxylic acids is 1. The smallest absolute Gasteiger partial charge is 0.267 e. The number of pyridine rings is 1. The number of hydrogen-bond acceptors (Lipinski definition) is 3. The number of carbonyl (C=O) groups is 1. The fourth-order valence-corrected chi connectivity index (χ4v) is 1.58. The van der Waals surface area contributed by atoms with Gasteiger partial charge < -0.3 is 10.8 Å². The summed E-state index contributed by atoms with van der Waals surface area (Å²) in [6, 6.07) is 6.65. The number of rotatable bonds is 1. The predicted molar refractivity (Wildman–Crippen MR) is 56.7 cm³/mol. The van der Waals surface area contributed by atoms with Crippen LogP contribution in [-0.4, -0.2) is 16.0 Å². The molecular formula is C11H10N2O2. The average Bonchev–Trinajstić information content (AvgIpc) is 2.18. The number of benzene rings is 1. The highest BCUT2D eigenvalue weighted by Crippen LogP contribution is 2.26. The van der Waals surface area contributed by atoms with E-state index in [2.05, 4.69) is 4.98 Å². The zero-order valence-corrected chi connectivity index (χ0v) is 8.19. The van der Waals surface area contributed by atoms with Crippen LogP contribution in [0.3, 0.4) is 0 Å². The number of primary amides is 1. The van der Waals surface area contributed by atoms with Gasteiger partial charge in [0.1, 0.15) is 11.4 Å². The third-order valence-electron chi connectivity index (χ3n) is 2.21. The first kappa shape index (κ1) is 9.45. The van der Waals surface area contributed by atoms with E-state index >= 15 is 0 Å². The van der Waals surface area contributed by atoms with Gasteiger partial charge in [-0.1, -0.05) is 12.1 Å². The van der Waals surface area contributed by atoms with Crippen LogP contribution in [0.5, 0.6) is 5.75 Å². The Bertz CT molecular complexity index is 550. The molecule has 2 rings (SSSR count). The number of aromatic nitrogens is 1. The molecule has 0 saturated heterocycles. The van der Waals surface area contributed by atoms with Crippen LogP contribution in [-0.2, 0) is 0 Å². The minimum atomic E-state index is -0.589. The Morgan fingerprint density at radius 2 is 2.13 bits per heavy atom. The third kappa shape index (κ3) is 1.50. The number of aryl methyl sites for hydroxylation is 1. The van der Waals surface area contributed by atoms with E-state index < -0.39 is 5.91 Å². The zero-order valence-electron chi connectivity index (χ0n) is 8.19. The molecule has 1 aromatic heterocycles. The Labute approximate surface area is 86.4 Å². The Morgan fingerprint density at radius 1 is 1.40 bits per heavy atom. The van der Waals surface area contributed by atoms with Crippen LogP contribution < -0.4 is 5.73 Å². The zero-order chi connectivity index (χ0) is 11.0. The van der Waals surface area contributed by atoms with Crippen molar-refractivity contribution in [3.8, 4) is 5.75 Å². The number of aromatic hydroxyl groups is 1. The van der Waals surface area contributed by atoms with Crippen molar-refractivity contribution < 1.29 is 9.90 Å². The second-order valence-electron chi connectivity index (χ2n) is 3.35. The summed E-state index contributed by atoms with van der Waals surface area (Å²) >= 11 is 0. The van der Waals surface area contributed by atoms with Crippen LogP contribution >= 0.6 is 0 Å². The first-order valence-corrected chi connectivity index (χ1v) is 4.48. The SMILES string of the molecule is Cc1cc2c(O)cccc2c(C(N)=O)n1. The van der Waals surface area contributed by atoms with Crippen LogP contribution in [0, 0.1) is 6.92 Å². The van der Waals surface area contributed by atoms with Crippen molar-refractivity contribution in [3.63, 3.8) is 0 Å². The molecule has 0 bridgehead atoms. The molecule has 4 nitrogen and oxygen atoms in total. The van der Waals surface area contributed by atoms with Crippen LogP contribution in [0.4, 0.5) is 0 Å². The predicted octanol–water partition coefficient (Wildman–Crippen LogP) is 1.35. The molecule has 2 aromatic rings. The molecule has 0 aliphatic carbocycles. The van der Waals surface area contributed by atoms with Gasteiger partial charge in [-0.2, -0.15) is 0 Å². The van der Waals surface area contributed by atoms with Crippen molar-refractivity contribution in [2.75, 3.05) is 0 Å². The van der Waals surface area contributed by atoms with Gasteiger partial charge in [0.25, 0.3) is 5.91 Å². The summed E-state index contributed by atoms with van der Waals surface area (Å²) in [6.07, 6.45) is 0. The fraction of sp³-hybridized carbons (Fsp3) is 0.0909.